The third-order valence-electron chi connectivity index (χ3n) is 4.54. The molecule has 0 saturated carbocycles. The average molecular weight is 356 g/mol. The Balaban J connectivity index is 1.44. The number of guanidine groups is 1. The molecule has 0 radical (unpaired) electrons. The van der Waals surface area contributed by atoms with Crippen molar-refractivity contribution in [1.82, 2.24) is 25.7 Å². The van der Waals surface area contributed by atoms with Gasteiger partial charge in [0.25, 0.3) is 0 Å². The zero-order valence-corrected chi connectivity index (χ0v) is 15.7. The Morgan fingerprint density at radius 2 is 1.77 bits per heavy atom. The van der Waals surface area contributed by atoms with Gasteiger partial charge in [0, 0.05) is 20.1 Å². The highest BCUT2D eigenvalue weighted by molar-refractivity contribution is 5.79. The highest BCUT2D eigenvalue weighted by Crippen LogP contribution is 2.13. The van der Waals surface area contributed by atoms with Gasteiger partial charge in [-0.05, 0) is 44.0 Å². The maximum absolute atomic E-state index is 5.09. The average Bonchev–Trinajstić information content (AvgIpc) is 3.09. The van der Waals surface area contributed by atoms with Crippen LogP contribution in [-0.4, -0.2) is 41.1 Å². The number of rotatable bonds is 6. The van der Waals surface area contributed by atoms with Crippen LogP contribution in [0.2, 0.25) is 0 Å². The fourth-order valence-electron chi connectivity index (χ4n) is 3.12. The standard InChI is InChI=1S/C19H28N6O/c1-15-23-18(26-24-15)13-22-19(20-2)21-12-16-6-8-17(9-7-16)14-25-10-4-3-5-11-25/h6-9H,3-5,10-14H2,1-2H3,(H2,20,21,22). The van der Waals surface area contributed by atoms with Crippen molar-refractivity contribution in [3.8, 4) is 0 Å². The summed E-state index contributed by atoms with van der Waals surface area (Å²) < 4.78 is 5.09. The largest absolute Gasteiger partial charge is 0.352 e. The molecule has 7 heteroatoms. The first-order valence-electron chi connectivity index (χ1n) is 9.27. The first-order valence-corrected chi connectivity index (χ1v) is 9.27. The number of aromatic nitrogens is 2. The number of hydrogen-bond acceptors (Lipinski definition) is 5. The maximum atomic E-state index is 5.09. The molecule has 1 aliphatic heterocycles. The predicted octanol–water partition coefficient (Wildman–Crippen LogP) is 2.23. The summed E-state index contributed by atoms with van der Waals surface area (Å²) in [6.45, 7) is 6.48. The summed E-state index contributed by atoms with van der Waals surface area (Å²) in [6.07, 6.45) is 4.04. The molecule has 3 rings (SSSR count). The molecular formula is C19H28N6O. The SMILES string of the molecule is CN=C(NCc1ccc(CN2CCCCC2)cc1)NCc1nc(C)no1. The van der Waals surface area contributed by atoms with Crippen LogP contribution in [0, 0.1) is 6.92 Å². The van der Waals surface area contributed by atoms with Gasteiger partial charge in [-0.3, -0.25) is 9.89 Å². The minimum atomic E-state index is 0.454. The van der Waals surface area contributed by atoms with Crippen LogP contribution in [-0.2, 0) is 19.6 Å². The van der Waals surface area contributed by atoms with Gasteiger partial charge in [0.1, 0.15) is 0 Å². The molecule has 1 aromatic heterocycles. The van der Waals surface area contributed by atoms with Crippen molar-refractivity contribution in [3.05, 3.63) is 47.1 Å². The quantitative estimate of drug-likeness (QED) is 0.610. The van der Waals surface area contributed by atoms with Gasteiger partial charge in [-0.25, -0.2) is 0 Å². The minimum Gasteiger partial charge on any atom is -0.352 e. The molecule has 140 valence electrons. The second-order valence-corrected chi connectivity index (χ2v) is 6.67. The number of hydrogen-bond donors (Lipinski definition) is 2. The third kappa shape index (κ3) is 5.56. The Bertz CT molecular complexity index is 703. The van der Waals surface area contributed by atoms with E-state index in [-0.39, 0.29) is 0 Å². The zero-order valence-electron chi connectivity index (χ0n) is 15.7. The highest BCUT2D eigenvalue weighted by Gasteiger charge is 2.10. The van der Waals surface area contributed by atoms with Crippen molar-refractivity contribution >= 4 is 5.96 Å². The van der Waals surface area contributed by atoms with E-state index in [1.54, 1.807) is 14.0 Å². The summed E-state index contributed by atoms with van der Waals surface area (Å²) in [6, 6.07) is 8.81. The first kappa shape index (κ1) is 18.4. The van der Waals surface area contributed by atoms with E-state index in [1.165, 1.54) is 43.5 Å². The van der Waals surface area contributed by atoms with Crippen LogP contribution in [0.3, 0.4) is 0 Å². The third-order valence-corrected chi connectivity index (χ3v) is 4.54. The van der Waals surface area contributed by atoms with Gasteiger partial charge in [0.05, 0.1) is 6.54 Å². The van der Waals surface area contributed by atoms with E-state index in [1.807, 2.05) is 0 Å². The monoisotopic (exact) mass is 356 g/mol. The van der Waals surface area contributed by atoms with Gasteiger partial charge in [-0.2, -0.15) is 4.98 Å². The van der Waals surface area contributed by atoms with Gasteiger partial charge in [-0.1, -0.05) is 35.8 Å². The molecular weight excluding hydrogens is 328 g/mol. The number of nitrogens with zero attached hydrogens (tertiary/aromatic N) is 4. The van der Waals surface area contributed by atoms with Crippen molar-refractivity contribution in [2.24, 2.45) is 4.99 Å². The number of benzene rings is 1. The molecule has 0 aliphatic carbocycles. The van der Waals surface area contributed by atoms with E-state index in [0.717, 1.165) is 6.54 Å². The Kier molecular flexibility index (Phi) is 6.60. The lowest BCUT2D eigenvalue weighted by Gasteiger charge is -2.26. The second kappa shape index (κ2) is 9.33. The number of aliphatic imine (C=N–C) groups is 1. The number of nitrogens with one attached hydrogen (secondary N) is 2. The normalized spacial score (nSPS) is 15.8. The van der Waals surface area contributed by atoms with E-state index in [0.29, 0.717) is 30.8 Å². The summed E-state index contributed by atoms with van der Waals surface area (Å²) in [5, 5.41) is 10.2. The maximum Gasteiger partial charge on any atom is 0.246 e. The van der Waals surface area contributed by atoms with Crippen LogP contribution in [0.15, 0.2) is 33.8 Å². The molecule has 7 nitrogen and oxygen atoms in total. The van der Waals surface area contributed by atoms with E-state index >= 15 is 0 Å². The van der Waals surface area contributed by atoms with Gasteiger partial charge >= 0.3 is 0 Å². The second-order valence-electron chi connectivity index (χ2n) is 6.67. The van der Waals surface area contributed by atoms with Gasteiger partial charge in [0.2, 0.25) is 5.89 Å². The Morgan fingerprint density at radius 1 is 1.08 bits per heavy atom. The minimum absolute atomic E-state index is 0.454. The summed E-state index contributed by atoms with van der Waals surface area (Å²) in [4.78, 5) is 10.9. The molecule has 0 bridgehead atoms. The molecule has 1 saturated heterocycles. The number of likely N-dealkylation sites (tertiary alicyclic amines) is 1. The summed E-state index contributed by atoms with van der Waals surface area (Å²) in [7, 11) is 1.75. The molecule has 0 unspecified atom stereocenters. The molecule has 2 N–H and O–H groups in total. The van der Waals surface area contributed by atoms with Crippen LogP contribution in [0.5, 0.6) is 0 Å². The molecule has 0 atom stereocenters. The molecule has 2 aromatic rings. The number of piperidine rings is 1. The molecule has 2 heterocycles. The first-order chi connectivity index (χ1) is 12.7. The fraction of sp³-hybridized carbons (Fsp3) is 0.526. The van der Waals surface area contributed by atoms with Gasteiger partial charge in [0.15, 0.2) is 11.8 Å². The lowest BCUT2D eigenvalue weighted by Crippen LogP contribution is -2.36. The summed E-state index contributed by atoms with van der Waals surface area (Å²) in [5.74, 6) is 1.89. The molecule has 1 aromatic carbocycles. The van der Waals surface area contributed by atoms with Crippen molar-refractivity contribution in [2.75, 3.05) is 20.1 Å². The van der Waals surface area contributed by atoms with Crippen LogP contribution in [0.1, 0.15) is 42.1 Å². The molecule has 26 heavy (non-hydrogen) atoms. The van der Waals surface area contributed by atoms with Crippen molar-refractivity contribution in [1.29, 1.82) is 0 Å². The van der Waals surface area contributed by atoms with Crippen LogP contribution in [0.25, 0.3) is 0 Å². The van der Waals surface area contributed by atoms with Crippen molar-refractivity contribution in [2.45, 2.75) is 45.8 Å². The lowest BCUT2D eigenvalue weighted by atomic mass is 10.1. The zero-order chi connectivity index (χ0) is 18.2. The summed E-state index contributed by atoms with van der Waals surface area (Å²) in [5.41, 5.74) is 2.61. The van der Waals surface area contributed by atoms with Gasteiger partial charge in [-0.15, -0.1) is 0 Å². The van der Waals surface area contributed by atoms with E-state index in [2.05, 4.69) is 54.9 Å². The van der Waals surface area contributed by atoms with E-state index < -0.39 is 0 Å². The summed E-state index contributed by atoms with van der Waals surface area (Å²) >= 11 is 0. The van der Waals surface area contributed by atoms with Crippen LogP contribution in [0.4, 0.5) is 0 Å². The smallest absolute Gasteiger partial charge is 0.246 e. The number of aryl methyl sites for hydroxylation is 1. The van der Waals surface area contributed by atoms with Crippen molar-refractivity contribution < 1.29 is 4.52 Å². The van der Waals surface area contributed by atoms with Gasteiger partial charge < -0.3 is 15.2 Å². The molecule has 0 spiro atoms. The van der Waals surface area contributed by atoms with E-state index in [4.69, 9.17) is 4.52 Å². The topological polar surface area (TPSA) is 78.6 Å². The molecule has 1 aliphatic rings. The van der Waals surface area contributed by atoms with E-state index in [9.17, 15) is 0 Å². The molecule has 1 fully saturated rings. The molecule has 0 amide bonds. The van der Waals surface area contributed by atoms with Crippen molar-refractivity contribution in [3.63, 3.8) is 0 Å². The highest BCUT2D eigenvalue weighted by atomic mass is 16.5. The van der Waals surface area contributed by atoms with Crippen LogP contribution >= 0.6 is 0 Å². The Labute approximate surface area is 154 Å². The Hall–Kier alpha value is -2.41. The predicted molar refractivity (Wildman–Crippen MR) is 102 cm³/mol. The lowest BCUT2D eigenvalue weighted by molar-refractivity contribution is 0.221. The fourth-order valence-corrected chi connectivity index (χ4v) is 3.12. The van der Waals surface area contributed by atoms with Crippen LogP contribution < -0.4 is 10.6 Å². The Morgan fingerprint density at radius 3 is 2.42 bits per heavy atom.